The fourth-order valence-electron chi connectivity index (χ4n) is 7.85. The number of rotatable bonds is 6. The Labute approximate surface area is 257 Å². The number of halogens is 3. The van der Waals surface area contributed by atoms with Gasteiger partial charge in [0.05, 0.1) is 18.2 Å². The molecule has 45 heavy (non-hydrogen) atoms. The molecule has 12 heteroatoms. The average molecular weight is 622 g/mol. The van der Waals surface area contributed by atoms with E-state index in [-0.39, 0.29) is 59.1 Å². The summed E-state index contributed by atoms with van der Waals surface area (Å²) in [5.74, 6) is -0.829. The van der Waals surface area contributed by atoms with E-state index in [4.69, 9.17) is 14.5 Å². The minimum atomic E-state index is -0.933. The predicted molar refractivity (Wildman–Crippen MR) is 162 cm³/mol. The van der Waals surface area contributed by atoms with Gasteiger partial charge in [0.1, 0.15) is 53.4 Å². The number of alkyl halides is 1. The number of phenolic OH excluding ortho intramolecular Hbond substituents is 1. The number of phenols is 1. The molecule has 9 nitrogen and oxygen atoms in total. The number of anilines is 1. The Balaban J connectivity index is 1.32. The summed E-state index contributed by atoms with van der Waals surface area (Å²) in [4.78, 5) is 18.1. The first kappa shape index (κ1) is 28.6. The Morgan fingerprint density at radius 2 is 1.96 bits per heavy atom. The van der Waals surface area contributed by atoms with Crippen molar-refractivity contribution in [1.29, 1.82) is 0 Å². The molecule has 0 unspecified atom stereocenters. The summed E-state index contributed by atoms with van der Waals surface area (Å²) in [6, 6.07) is 5.68. The molecule has 3 aliphatic heterocycles. The minimum absolute atomic E-state index is 0.0422. The first-order valence-corrected chi connectivity index (χ1v) is 15.7. The van der Waals surface area contributed by atoms with Crippen LogP contribution in [0, 0.1) is 11.6 Å². The van der Waals surface area contributed by atoms with Crippen LogP contribution in [0.5, 0.6) is 17.6 Å². The lowest BCUT2D eigenvalue weighted by Gasteiger charge is -2.41. The molecule has 8 rings (SSSR count). The Hall–Kier alpha value is -3.90. The molecule has 4 aromatic rings. The van der Waals surface area contributed by atoms with Crippen molar-refractivity contribution < 1.29 is 32.9 Å². The summed E-state index contributed by atoms with van der Waals surface area (Å²) in [6.45, 7) is 3.78. The smallest absolute Gasteiger partial charge is 0.319 e. The molecule has 0 bridgehead atoms. The van der Waals surface area contributed by atoms with Crippen molar-refractivity contribution in [3.63, 3.8) is 0 Å². The van der Waals surface area contributed by atoms with Crippen molar-refractivity contribution in [3.05, 3.63) is 41.5 Å². The molecule has 2 N–H and O–H groups in total. The number of fused-ring (bicyclic) bond motifs is 2. The Bertz CT molecular complexity index is 1840. The number of aryl methyl sites for hydroxylation is 1. The van der Waals surface area contributed by atoms with Crippen molar-refractivity contribution in [3.8, 4) is 28.9 Å². The van der Waals surface area contributed by atoms with Crippen LogP contribution >= 0.6 is 0 Å². The molecule has 0 amide bonds. The third-order valence-corrected chi connectivity index (χ3v) is 10.1. The van der Waals surface area contributed by atoms with E-state index in [1.165, 1.54) is 18.2 Å². The number of aliphatic hydroxyl groups excluding tert-OH is 1. The molecule has 0 radical (unpaired) electrons. The lowest BCUT2D eigenvalue weighted by molar-refractivity contribution is 0.0721. The van der Waals surface area contributed by atoms with Crippen molar-refractivity contribution in [2.75, 3.05) is 37.7 Å². The molecule has 0 spiro atoms. The highest BCUT2D eigenvalue weighted by molar-refractivity contribution is 6.03. The van der Waals surface area contributed by atoms with Gasteiger partial charge in [0.25, 0.3) is 0 Å². The molecular weight excluding hydrogens is 587 g/mol. The Morgan fingerprint density at radius 1 is 1.11 bits per heavy atom. The highest BCUT2D eigenvalue weighted by Crippen LogP contribution is 2.45. The molecule has 1 saturated carbocycles. The Morgan fingerprint density at radius 3 is 2.76 bits per heavy atom. The molecule has 2 saturated heterocycles. The van der Waals surface area contributed by atoms with Gasteiger partial charge < -0.3 is 24.6 Å². The van der Waals surface area contributed by atoms with E-state index in [9.17, 15) is 14.6 Å². The summed E-state index contributed by atoms with van der Waals surface area (Å²) >= 11 is 0. The van der Waals surface area contributed by atoms with Crippen LogP contribution in [-0.2, 0) is 6.42 Å². The fourth-order valence-corrected chi connectivity index (χ4v) is 7.85. The number of aromatic hydroxyl groups is 1. The summed E-state index contributed by atoms with van der Waals surface area (Å²) in [6.07, 6.45) is 2.13. The first-order chi connectivity index (χ1) is 21.7. The normalized spacial score (nSPS) is 26.2. The Kier molecular flexibility index (Phi) is 6.72. The van der Waals surface area contributed by atoms with Crippen LogP contribution in [0.25, 0.3) is 32.9 Å². The molecule has 2 aromatic heterocycles. The first-order valence-electron chi connectivity index (χ1n) is 15.7. The second-order valence-electron chi connectivity index (χ2n) is 12.8. The topological polar surface area (TPSA) is 104 Å². The van der Waals surface area contributed by atoms with E-state index in [0.717, 1.165) is 19.4 Å². The largest absolute Gasteiger partial charge is 0.508 e. The van der Waals surface area contributed by atoms with Crippen molar-refractivity contribution in [2.45, 2.75) is 69.3 Å². The van der Waals surface area contributed by atoms with Gasteiger partial charge in [-0.25, -0.2) is 18.2 Å². The maximum atomic E-state index is 16.9. The zero-order valence-electron chi connectivity index (χ0n) is 24.9. The van der Waals surface area contributed by atoms with Gasteiger partial charge in [0.15, 0.2) is 5.82 Å². The molecule has 5 heterocycles. The van der Waals surface area contributed by atoms with E-state index in [1.54, 1.807) is 6.07 Å². The number of pyridine rings is 1. The van der Waals surface area contributed by atoms with E-state index >= 15 is 8.78 Å². The van der Waals surface area contributed by atoms with Crippen LogP contribution < -0.4 is 14.4 Å². The van der Waals surface area contributed by atoms with Crippen LogP contribution in [0.2, 0.25) is 0 Å². The van der Waals surface area contributed by atoms with Crippen molar-refractivity contribution >= 4 is 27.5 Å². The minimum Gasteiger partial charge on any atom is -0.508 e. The highest BCUT2D eigenvalue weighted by Gasteiger charge is 2.49. The van der Waals surface area contributed by atoms with Gasteiger partial charge in [0.2, 0.25) is 5.88 Å². The zero-order valence-corrected chi connectivity index (χ0v) is 24.9. The zero-order chi connectivity index (χ0) is 31.0. The lowest BCUT2D eigenvalue weighted by atomic mass is 9.88. The summed E-state index contributed by atoms with van der Waals surface area (Å²) in [7, 11) is 0. The number of hydrogen-bond donors (Lipinski definition) is 2. The van der Waals surface area contributed by atoms with Gasteiger partial charge in [-0.1, -0.05) is 13.0 Å². The number of aliphatic hydroxyl groups is 1. The van der Waals surface area contributed by atoms with Gasteiger partial charge in [-0.2, -0.15) is 9.97 Å². The van der Waals surface area contributed by atoms with Gasteiger partial charge in [-0.05, 0) is 73.2 Å². The number of hydrogen-bond acceptors (Lipinski definition) is 9. The summed E-state index contributed by atoms with van der Waals surface area (Å²) < 4.78 is 58.7. The van der Waals surface area contributed by atoms with Crippen LogP contribution in [0.1, 0.15) is 44.6 Å². The van der Waals surface area contributed by atoms with Crippen molar-refractivity contribution in [1.82, 2.24) is 19.9 Å². The second kappa shape index (κ2) is 10.6. The average Bonchev–Trinajstić information content (AvgIpc) is 3.46. The number of benzene rings is 2. The summed E-state index contributed by atoms with van der Waals surface area (Å²) in [5.41, 5.74) is -0.0876. The molecule has 2 atom stereocenters. The monoisotopic (exact) mass is 621 g/mol. The van der Waals surface area contributed by atoms with Gasteiger partial charge in [0, 0.05) is 24.6 Å². The standard InChI is InChI=1S/C33H34F3N5O4/c1-2-22-24(35)5-4-17-10-20(42)13-23(25(17)22)28-27(36)29-26-30(41(19-11-21(43)12-19)8-9-44-31(26)37-28)39-32(38-29)45-16-33-6-3-7-40(33)15-18(34)14-33/h4-5,10,13,18-19,21,42-43H,2-3,6-9,11-12,14-16H2,1H3/t18-,19?,21?,33+/m1/s1. The number of aromatic nitrogens is 3. The fraction of sp³-hybridized carbons (Fsp3) is 0.485. The molecule has 3 fully saturated rings. The maximum absolute atomic E-state index is 16.9. The maximum Gasteiger partial charge on any atom is 0.319 e. The van der Waals surface area contributed by atoms with Gasteiger partial charge in [-0.15, -0.1) is 0 Å². The number of nitrogens with zero attached hydrogens (tertiary/aromatic N) is 5. The lowest BCUT2D eigenvalue weighted by Crippen LogP contribution is -2.48. The van der Waals surface area contributed by atoms with Crippen LogP contribution in [0.4, 0.5) is 19.0 Å². The predicted octanol–water partition coefficient (Wildman–Crippen LogP) is 5.07. The van der Waals surface area contributed by atoms with Crippen molar-refractivity contribution in [2.24, 2.45) is 0 Å². The number of ether oxygens (including phenoxy) is 2. The van der Waals surface area contributed by atoms with Crippen LogP contribution in [0.15, 0.2) is 24.3 Å². The van der Waals surface area contributed by atoms with E-state index < -0.39 is 29.4 Å². The molecule has 236 valence electrons. The third kappa shape index (κ3) is 4.55. The summed E-state index contributed by atoms with van der Waals surface area (Å²) in [5, 5.41) is 22.0. The molecular formula is C33H34F3N5O4. The molecule has 1 aliphatic carbocycles. The van der Waals surface area contributed by atoms with E-state index in [1.807, 2.05) is 11.8 Å². The third-order valence-electron chi connectivity index (χ3n) is 10.1. The SMILES string of the molecule is CCc1c(F)ccc2cc(O)cc(-c3nc4c5c(nc(OC[C@@]67CCCN6C[C@H](F)C7)nc5c3F)N(C3CC(O)C3)CCO4)c12. The highest BCUT2D eigenvalue weighted by atomic mass is 19.1. The van der Waals surface area contributed by atoms with Gasteiger partial charge in [-0.3, -0.25) is 4.90 Å². The van der Waals surface area contributed by atoms with Crippen LogP contribution in [0.3, 0.4) is 0 Å². The molecule has 4 aliphatic rings. The molecule has 2 aromatic carbocycles. The quantitative estimate of drug-likeness (QED) is 0.306. The van der Waals surface area contributed by atoms with Crippen LogP contribution in [-0.4, -0.2) is 86.8 Å². The van der Waals surface area contributed by atoms with E-state index in [0.29, 0.717) is 60.9 Å². The second-order valence-corrected chi connectivity index (χ2v) is 12.8. The van der Waals surface area contributed by atoms with E-state index in [2.05, 4.69) is 14.9 Å². The van der Waals surface area contributed by atoms with Gasteiger partial charge >= 0.3 is 6.01 Å².